The Bertz CT molecular complexity index is 1350. The quantitative estimate of drug-likeness (QED) is 0.424. The Morgan fingerprint density at radius 3 is 2.85 bits per heavy atom. The van der Waals surface area contributed by atoms with Crippen LogP contribution in [0.3, 0.4) is 0 Å². The van der Waals surface area contributed by atoms with E-state index < -0.39 is 5.82 Å². The van der Waals surface area contributed by atoms with E-state index in [2.05, 4.69) is 30.7 Å². The van der Waals surface area contributed by atoms with Crippen molar-refractivity contribution < 1.29 is 13.9 Å². The van der Waals surface area contributed by atoms with Crippen LogP contribution in [0.2, 0.25) is 0 Å². The highest BCUT2D eigenvalue weighted by molar-refractivity contribution is 5.98. The summed E-state index contributed by atoms with van der Waals surface area (Å²) in [6.07, 6.45) is 3.72. The molecule has 168 valence electrons. The molecule has 1 saturated heterocycles. The maximum absolute atomic E-state index is 15.2. The average molecular weight is 448 g/mol. The van der Waals surface area contributed by atoms with Gasteiger partial charge in [-0.25, -0.2) is 19.0 Å². The van der Waals surface area contributed by atoms with Gasteiger partial charge >= 0.3 is 0 Å². The van der Waals surface area contributed by atoms with Gasteiger partial charge in [0.05, 0.1) is 11.4 Å². The number of fused-ring (bicyclic) bond motifs is 1. The predicted molar refractivity (Wildman–Crippen MR) is 119 cm³/mol. The van der Waals surface area contributed by atoms with Crippen LogP contribution in [0.15, 0.2) is 42.9 Å². The summed E-state index contributed by atoms with van der Waals surface area (Å²) >= 11 is 0. The van der Waals surface area contributed by atoms with Crippen LogP contribution in [-0.4, -0.2) is 50.8 Å². The molecule has 0 bridgehead atoms. The summed E-state index contributed by atoms with van der Waals surface area (Å²) in [5.74, 6) is -0.0188. The molecule has 1 fully saturated rings. The lowest BCUT2D eigenvalue weighted by atomic mass is 10.1. The smallest absolute Gasteiger partial charge is 0.269 e. The minimum atomic E-state index is -0.535. The number of carbonyl (C=O) groups is 1. The van der Waals surface area contributed by atoms with Crippen LogP contribution in [0.5, 0.6) is 11.5 Å². The van der Waals surface area contributed by atoms with Crippen molar-refractivity contribution in [3.63, 3.8) is 0 Å². The maximum atomic E-state index is 15.2. The average Bonchev–Trinajstić information content (AvgIpc) is 3.48. The van der Waals surface area contributed by atoms with Gasteiger partial charge in [0.25, 0.3) is 5.91 Å². The number of carbonyl (C=O) groups excluding carboxylic acids is 1. The van der Waals surface area contributed by atoms with Crippen molar-refractivity contribution in [1.82, 2.24) is 35.4 Å². The van der Waals surface area contributed by atoms with Crippen molar-refractivity contribution in [2.45, 2.75) is 12.5 Å². The Morgan fingerprint density at radius 2 is 2.09 bits per heavy atom. The van der Waals surface area contributed by atoms with E-state index in [0.717, 1.165) is 19.5 Å². The monoisotopic (exact) mass is 448 g/mol. The Hall–Kier alpha value is -4.12. The van der Waals surface area contributed by atoms with Crippen molar-refractivity contribution in [3.05, 3.63) is 54.4 Å². The number of ether oxygens (including phenoxy) is 1. The van der Waals surface area contributed by atoms with E-state index in [1.807, 2.05) is 0 Å². The third-order valence-corrected chi connectivity index (χ3v) is 5.52. The molecule has 0 saturated carbocycles. The molecule has 33 heavy (non-hydrogen) atoms. The molecule has 0 spiro atoms. The van der Waals surface area contributed by atoms with Crippen molar-refractivity contribution in [3.8, 4) is 22.8 Å². The van der Waals surface area contributed by atoms with Gasteiger partial charge in [-0.1, -0.05) is 0 Å². The van der Waals surface area contributed by atoms with E-state index in [0.29, 0.717) is 22.5 Å². The fourth-order valence-corrected chi connectivity index (χ4v) is 3.90. The van der Waals surface area contributed by atoms with Crippen LogP contribution in [0, 0.1) is 5.82 Å². The van der Waals surface area contributed by atoms with E-state index in [9.17, 15) is 4.79 Å². The molecule has 0 aliphatic carbocycles. The molecule has 1 atom stereocenters. The standard InChI is InChI=1S/C22H21FN8O2/c1-25-22(32)17-9-14(5-7-27-17)33-13-2-3-15(16(23)8-13)19-18-20(24)28-11-29-21(18)31(30-19)12-4-6-26-10-12/h2-3,5,7-9,11-12,26H,4,6,10H2,1H3,(H,25,32)(H2,24,28,29). The summed E-state index contributed by atoms with van der Waals surface area (Å²) < 4.78 is 22.8. The third-order valence-electron chi connectivity index (χ3n) is 5.52. The second-order valence-corrected chi connectivity index (χ2v) is 7.60. The molecule has 1 aliphatic heterocycles. The fraction of sp³-hybridized carbons (Fsp3) is 0.227. The summed E-state index contributed by atoms with van der Waals surface area (Å²) in [5, 5.41) is 11.0. The van der Waals surface area contributed by atoms with E-state index in [1.165, 1.54) is 31.7 Å². The van der Waals surface area contributed by atoms with Gasteiger partial charge in [0, 0.05) is 37.5 Å². The number of halogens is 1. The first-order valence-electron chi connectivity index (χ1n) is 10.4. The summed E-state index contributed by atoms with van der Waals surface area (Å²) in [6, 6.07) is 7.63. The molecule has 0 radical (unpaired) electrons. The SMILES string of the molecule is CNC(=O)c1cc(Oc2ccc(-c3nn(C4CCNC4)c4ncnc(N)c34)c(F)c2)ccn1. The van der Waals surface area contributed by atoms with Gasteiger partial charge < -0.3 is 21.1 Å². The number of rotatable bonds is 5. The summed E-state index contributed by atoms with van der Waals surface area (Å²) in [6.45, 7) is 1.62. The Balaban J connectivity index is 1.51. The minimum absolute atomic E-state index is 0.0995. The number of nitrogens with two attached hydrogens (primary N) is 1. The van der Waals surface area contributed by atoms with E-state index in [4.69, 9.17) is 10.5 Å². The van der Waals surface area contributed by atoms with Gasteiger partial charge in [0.1, 0.15) is 40.8 Å². The van der Waals surface area contributed by atoms with Gasteiger partial charge in [-0.05, 0) is 31.2 Å². The van der Waals surface area contributed by atoms with Crippen LogP contribution >= 0.6 is 0 Å². The van der Waals surface area contributed by atoms with Gasteiger partial charge in [-0.2, -0.15) is 5.10 Å². The second kappa shape index (κ2) is 8.43. The number of amides is 1. The zero-order valence-corrected chi connectivity index (χ0v) is 17.7. The molecule has 4 heterocycles. The molecule has 1 aliphatic rings. The lowest BCUT2D eigenvalue weighted by Crippen LogP contribution is -2.18. The number of aromatic nitrogens is 5. The largest absolute Gasteiger partial charge is 0.457 e. The molecule has 1 aromatic carbocycles. The zero-order valence-electron chi connectivity index (χ0n) is 17.7. The number of pyridine rings is 1. The molecule has 1 amide bonds. The molecule has 4 N–H and O–H groups in total. The molecule has 11 heteroatoms. The molecule has 3 aromatic heterocycles. The van der Waals surface area contributed by atoms with Gasteiger partial charge in [-0.3, -0.25) is 9.78 Å². The van der Waals surface area contributed by atoms with E-state index in [1.54, 1.807) is 22.9 Å². The molecule has 5 rings (SSSR count). The normalized spacial score (nSPS) is 15.6. The molecule has 1 unspecified atom stereocenters. The molecule has 4 aromatic rings. The van der Waals surface area contributed by atoms with Crippen LogP contribution in [0.1, 0.15) is 23.0 Å². The van der Waals surface area contributed by atoms with Crippen molar-refractivity contribution in [2.75, 3.05) is 25.9 Å². The topological polar surface area (TPSA) is 133 Å². The molecular formula is C22H21FN8O2. The zero-order chi connectivity index (χ0) is 22.9. The number of hydrogen-bond donors (Lipinski definition) is 3. The van der Waals surface area contributed by atoms with Crippen molar-refractivity contribution in [2.24, 2.45) is 0 Å². The number of nitrogens with one attached hydrogen (secondary N) is 2. The molecular weight excluding hydrogens is 427 g/mol. The number of hydrogen-bond acceptors (Lipinski definition) is 8. The van der Waals surface area contributed by atoms with Gasteiger partial charge in [0.15, 0.2) is 5.65 Å². The lowest BCUT2D eigenvalue weighted by Gasteiger charge is -2.09. The Kier molecular flexibility index (Phi) is 5.31. The first-order valence-corrected chi connectivity index (χ1v) is 10.4. The highest BCUT2D eigenvalue weighted by Crippen LogP contribution is 2.35. The first kappa shape index (κ1) is 20.8. The second-order valence-electron chi connectivity index (χ2n) is 7.60. The molecule has 10 nitrogen and oxygen atoms in total. The lowest BCUT2D eigenvalue weighted by molar-refractivity contribution is 0.0958. The predicted octanol–water partition coefficient (Wildman–Crippen LogP) is 2.30. The van der Waals surface area contributed by atoms with Crippen molar-refractivity contribution in [1.29, 1.82) is 0 Å². The summed E-state index contributed by atoms with van der Waals surface area (Å²) in [7, 11) is 1.51. The minimum Gasteiger partial charge on any atom is -0.457 e. The van der Waals surface area contributed by atoms with Gasteiger partial charge in [0.2, 0.25) is 0 Å². The number of benzene rings is 1. The van der Waals surface area contributed by atoms with Crippen LogP contribution in [-0.2, 0) is 0 Å². The van der Waals surface area contributed by atoms with Crippen LogP contribution in [0.4, 0.5) is 10.2 Å². The number of anilines is 1. The van der Waals surface area contributed by atoms with E-state index in [-0.39, 0.29) is 34.8 Å². The highest BCUT2D eigenvalue weighted by Gasteiger charge is 2.25. The van der Waals surface area contributed by atoms with Gasteiger partial charge in [-0.15, -0.1) is 0 Å². The highest BCUT2D eigenvalue weighted by atomic mass is 19.1. The summed E-state index contributed by atoms with van der Waals surface area (Å²) in [5.41, 5.74) is 7.54. The van der Waals surface area contributed by atoms with Crippen LogP contribution in [0.25, 0.3) is 22.3 Å². The van der Waals surface area contributed by atoms with Crippen LogP contribution < -0.4 is 21.1 Å². The van der Waals surface area contributed by atoms with Crippen molar-refractivity contribution >= 4 is 22.8 Å². The Labute approximate surface area is 188 Å². The number of nitrogens with zero attached hydrogens (tertiary/aromatic N) is 5. The number of nitrogen functional groups attached to an aromatic ring is 1. The maximum Gasteiger partial charge on any atom is 0.269 e. The Morgan fingerprint density at radius 1 is 1.24 bits per heavy atom. The summed E-state index contributed by atoms with van der Waals surface area (Å²) in [4.78, 5) is 24.2. The first-order chi connectivity index (χ1) is 16.0. The fourth-order valence-electron chi connectivity index (χ4n) is 3.90. The van der Waals surface area contributed by atoms with E-state index >= 15 is 4.39 Å². The third kappa shape index (κ3) is 3.82.